The maximum absolute atomic E-state index is 2.26. The molecule has 0 amide bonds. The van der Waals surface area contributed by atoms with Crippen molar-refractivity contribution < 1.29 is 0 Å². The topological polar surface area (TPSA) is 0 Å². The Morgan fingerprint density at radius 3 is 2.06 bits per heavy atom. The maximum atomic E-state index is 2.26. The van der Waals surface area contributed by atoms with Gasteiger partial charge in [-0.25, -0.2) is 0 Å². The van der Waals surface area contributed by atoms with Gasteiger partial charge in [0.1, 0.15) is 0 Å². The van der Waals surface area contributed by atoms with Crippen molar-refractivity contribution in [2.24, 2.45) is 0 Å². The van der Waals surface area contributed by atoms with Crippen LogP contribution in [-0.4, -0.2) is 0 Å². The summed E-state index contributed by atoms with van der Waals surface area (Å²) in [6, 6.07) is 6.54. The van der Waals surface area contributed by atoms with Crippen LogP contribution >= 0.6 is 0 Å². The minimum atomic E-state index is 0.223. The quantitative estimate of drug-likeness (QED) is 0.579. The molecule has 0 N–H and O–H groups in total. The predicted octanol–water partition coefficient (Wildman–Crippen LogP) is 5.74. The minimum absolute atomic E-state index is 0.223. The molecule has 0 saturated carbocycles. The van der Waals surface area contributed by atoms with Crippen LogP contribution in [0.1, 0.15) is 64.7 Å². The molecule has 96 valence electrons. The predicted molar refractivity (Wildman–Crippen MR) is 80.6 cm³/mol. The fourth-order valence-corrected chi connectivity index (χ4v) is 1.72. The third-order valence-corrected chi connectivity index (χ3v) is 2.47. The molecule has 0 bridgehead atoms. The van der Waals surface area contributed by atoms with E-state index in [0.717, 1.165) is 0 Å². The third kappa shape index (κ3) is 5.21. The van der Waals surface area contributed by atoms with Gasteiger partial charge < -0.3 is 0 Å². The average Bonchev–Trinajstić information content (AvgIpc) is 2.21. The molecule has 1 aromatic rings. The molecule has 0 spiro atoms. The van der Waals surface area contributed by atoms with E-state index in [-0.39, 0.29) is 5.41 Å². The van der Waals surface area contributed by atoms with Crippen LogP contribution in [0, 0.1) is 6.92 Å². The second-order valence-corrected chi connectivity index (χ2v) is 5.49. The second kappa shape index (κ2) is 7.32. The van der Waals surface area contributed by atoms with Crippen LogP contribution in [0.15, 0.2) is 24.3 Å². The van der Waals surface area contributed by atoms with Gasteiger partial charge in [-0.3, -0.25) is 0 Å². The Morgan fingerprint density at radius 1 is 1.12 bits per heavy atom. The van der Waals surface area contributed by atoms with Crippen LogP contribution in [0.25, 0.3) is 6.08 Å². The van der Waals surface area contributed by atoms with E-state index in [4.69, 9.17) is 0 Å². The van der Waals surface area contributed by atoms with E-state index in [0.29, 0.717) is 0 Å². The third-order valence-electron chi connectivity index (χ3n) is 2.47. The first-order valence-corrected chi connectivity index (χ1v) is 6.61. The van der Waals surface area contributed by atoms with E-state index in [1.54, 1.807) is 0 Å². The highest BCUT2D eigenvalue weighted by atomic mass is 14.2. The summed E-state index contributed by atoms with van der Waals surface area (Å²) in [5, 5.41) is 0. The van der Waals surface area contributed by atoms with Gasteiger partial charge in [0.15, 0.2) is 0 Å². The Morgan fingerprint density at radius 2 is 1.65 bits per heavy atom. The van der Waals surface area contributed by atoms with Crippen molar-refractivity contribution in [2.45, 2.75) is 60.3 Å². The highest BCUT2D eigenvalue weighted by Crippen LogP contribution is 2.28. The molecule has 0 saturated heterocycles. The first-order chi connectivity index (χ1) is 7.88. The first-order valence-electron chi connectivity index (χ1n) is 6.61. The zero-order valence-electron chi connectivity index (χ0n) is 12.6. The average molecular weight is 232 g/mol. The molecule has 1 aromatic carbocycles. The van der Waals surface area contributed by atoms with E-state index in [1.807, 2.05) is 0 Å². The molecule has 0 heteroatoms. The van der Waals surface area contributed by atoms with Crippen LogP contribution in [0.4, 0.5) is 0 Å². The number of rotatable bonds is 1. The van der Waals surface area contributed by atoms with E-state index in [1.165, 1.54) is 23.1 Å². The molecular weight excluding hydrogens is 204 g/mol. The van der Waals surface area contributed by atoms with Gasteiger partial charge in [-0.05, 0) is 36.0 Å². The second-order valence-electron chi connectivity index (χ2n) is 5.49. The summed E-state index contributed by atoms with van der Waals surface area (Å²) < 4.78 is 0. The molecule has 0 aromatic heterocycles. The Hall–Kier alpha value is -1.04. The summed E-state index contributed by atoms with van der Waals surface area (Å²) in [5.41, 5.74) is 4.38. The molecule has 0 aliphatic heterocycles. The SMILES string of the molecule is C/C=C\c1c(C)cccc1C(C)(C)C.CCC. The molecule has 1 rings (SSSR count). The molecule has 0 unspecified atom stereocenters. The zero-order chi connectivity index (χ0) is 13.5. The fraction of sp³-hybridized carbons (Fsp3) is 0.529. The lowest BCUT2D eigenvalue weighted by molar-refractivity contribution is 0.588. The highest BCUT2D eigenvalue weighted by Gasteiger charge is 2.17. The lowest BCUT2D eigenvalue weighted by Gasteiger charge is -2.22. The summed E-state index contributed by atoms with van der Waals surface area (Å²) in [6.07, 6.45) is 5.56. The van der Waals surface area contributed by atoms with Gasteiger partial charge in [0.25, 0.3) is 0 Å². The van der Waals surface area contributed by atoms with Gasteiger partial charge in [0, 0.05) is 0 Å². The van der Waals surface area contributed by atoms with Crippen molar-refractivity contribution in [2.75, 3.05) is 0 Å². The van der Waals surface area contributed by atoms with E-state index >= 15 is 0 Å². The van der Waals surface area contributed by atoms with E-state index in [9.17, 15) is 0 Å². The van der Waals surface area contributed by atoms with Gasteiger partial charge in [0.05, 0.1) is 0 Å². The Kier molecular flexibility index (Phi) is 6.87. The van der Waals surface area contributed by atoms with E-state index < -0.39 is 0 Å². The zero-order valence-corrected chi connectivity index (χ0v) is 12.6. The van der Waals surface area contributed by atoms with Gasteiger partial charge in [0.2, 0.25) is 0 Å². The van der Waals surface area contributed by atoms with Gasteiger partial charge in [-0.15, -0.1) is 0 Å². The van der Waals surface area contributed by atoms with Crippen LogP contribution in [0.3, 0.4) is 0 Å². The van der Waals surface area contributed by atoms with Crippen molar-refractivity contribution in [3.8, 4) is 0 Å². The smallest absolute Gasteiger partial charge is 0.0126 e. The molecule has 0 nitrogen and oxygen atoms in total. The minimum Gasteiger partial charge on any atom is -0.0870 e. The molecule has 0 aliphatic rings. The van der Waals surface area contributed by atoms with Crippen molar-refractivity contribution in [3.05, 3.63) is 41.0 Å². The van der Waals surface area contributed by atoms with Gasteiger partial charge in [-0.2, -0.15) is 0 Å². The number of hydrogen-bond donors (Lipinski definition) is 0. The fourth-order valence-electron chi connectivity index (χ4n) is 1.72. The molecule has 0 heterocycles. The monoisotopic (exact) mass is 232 g/mol. The van der Waals surface area contributed by atoms with Crippen molar-refractivity contribution in [1.82, 2.24) is 0 Å². The molecule has 0 fully saturated rings. The highest BCUT2D eigenvalue weighted by molar-refractivity contribution is 5.59. The van der Waals surface area contributed by atoms with Crippen LogP contribution in [0.5, 0.6) is 0 Å². The maximum Gasteiger partial charge on any atom is -0.0126 e. The number of benzene rings is 1. The van der Waals surface area contributed by atoms with Crippen LogP contribution in [-0.2, 0) is 5.41 Å². The number of allylic oxidation sites excluding steroid dienone is 1. The molecule has 0 atom stereocenters. The van der Waals surface area contributed by atoms with Crippen molar-refractivity contribution in [3.63, 3.8) is 0 Å². The number of hydrogen-bond acceptors (Lipinski definition) is 0. The molecule has 0 aliphatic carbocycles. The van der Waals surface area contributed by atoms with Gasteiger partial charge in [-0.1, -0.05) is 71.4 Å². The largest absolute Gasteiger partial charge is 0.0870 e. The van der Waals surface area contributed by atoms with Gasteiger partial charge >= 0.3 is 0 Å². The summed E-state index contributed by atoms with van der Waals surface area (Å²) in [4.78, 5) is 0. The lowest BCUT2D eigenvalue weighted by Crippen LogP contribution is -2.13. The van der Waals surface area contributed by atoms with Crippen molar-refractivity contribution in [1.29, 1.82) is 0 Å². The Balaban J connectivity index is 0.000000770. The van der Waals surface area contributed by atoms with E-state index in [2.05, 4.69) is 78.8 Å². The number of aryl methyl sites for hydroxylation is 1. The van der Waals surface area contributed by atoms with Crippen LogP contribution in [0.2, 0.25) is 0 Å². The Labute approximate surface area is 108 Å². The van der Waals surface area contributed by atoms with Crippen molar-refractivity contribution >= 4 is 6.08 Å². The summed E-state index contributed by atoms with van der Waals surface area (Å²) >= 11 is 0. The first kappa shape index (κ1) is 16.0. The summed E-state index contributed by atoms with van der Waals surface area (Å²) in [7, 11) is 0. The molecule has 0 radical (unpaired) electrons. The lowest BCUT2D eigenvalue weighted by atomic mass is 9.82. The standard InChI is InChI=1S/C14H20.C3H8/c1-6-8-12-11(2)9-7-10-13(12)14(3,4)5;1-3-2/h6-10H,1-5H3;3H2,1-2H3/b8-6-;. The molecular formula is C17H28. The summed E-state index contributed by atoms with van der Waals surface area (Å²) in [5.74, 6) is 0. The Bertz CT molecular complexity index is 351. The van der Waals surface area contributed by atoms with Crippen LogP contribution < -0.4 is 0 Å². The summed E-state index contributed by atoms with van der Waals surface area (Å²) in [6.45, 7) is 15.3. The normalized spacial score (nSPS) is 11.2. The molecule has 17 heavy (non-hydrogen) atoms.